The van der Waals surface area contributed by atoms with Crippen LogP contribution >= 0.6 is 21.6 Å². The zero-order valence-corrected chi connectivity index (χ0v) is 25.2. The molecule has 2 aliphatic heterocycles. The number of carbonyl (C=O) groups excluding carboxylic acids is 6. The van der Waals surface area contributed by atoms with Gasteiger partial charge in [0.25, 0.3) is 11.8 Å². The molecule has 2 aliphatic rings. The van der Waals surface area contributed by atoms with Crippen LogP contribution in [0.3, 0.4) is 0 Å². The lowest BCUT2D eigenvalue weighted by Crippen LogP contribution is -2.42. The van der Waals surface area contributed by atoms with Crippen molar-refractivity contribution in [2.24, 2.45) is 10.8 Å². The maximum Gasteiger partial charge on any atom is 0.335 e. The molecular weight excluding hydrogens is 590 g/mol. The number of rotatable bonds is 20. The van der Waals surface area contributed by atoms with Gasteiger partial charge in [-0.05, 0) is 37.6 Å². The fourth-order valence-electron chi connectivity index (χ4n) is 4.04. The second-order valence-corrected chi connectivity index (χ2v) is 12.6. The normalized spacial score (nSPS) is 16.5. The van der Waals surface area contributed by atoms with E-state index in [4.69, 9.17) is 20.8 Å². The molecule has 0 aliphatic carbocycles. The Kier molecular flexibility index (Phi) is 16.1. The fourth-order valence-corrected chi connectivity index (χ4v) is 7.21. The Bertz CT molecular complexity index is 1000. The lowest BCUT2D eigenvalue weighted by Gasteiger charge is -2.21. The van der Waals surface area contributed by atoms with Crippen LogP contribution in [-0.2, 0) is 38.3 Å². The van der Waals surface area contributed by atoms with Crippen molar-refractivity contribution in [1.29, 1.82) is 0 Å². The quantitative estimate of drug-likeness (QED) is 0.0336. The summed E-state index contributed by atoms with van der Waals surface area (Å²) in [5, 5.41) is 9.20. The number of amides is 4. The van der Waals surface area contributed by atoms with Crippen molar-refractivity contribution in [3.05, 3.63) is 10.4 Å². The monoisotopic (exact) mass is 629 g/mol. The Morgan fingerprint density at radius 1 is 0.976 bits per heavy atom. The molecule has 2 fully saturated rings. The van der Waals surface area contributed by atoms with Crippen LogP contribution < -0.4 is 16.4 Å². The summed E-state index contributed by atoms with van der Waals surface area (Å²) in [5.74, 6) is -1.79. The molecule has 15 nitrogen and oxygen atoms in total. The summed E-state index contributed by atoms with van der Waals surface area (Å²) < 4.78 is 5.20. The largest absolute Gasteiger partial charge is 0.463 e. The first-order valence-corrected chi connectivity index (χ1v) is 16.4. The van der Waals surface area contributed by atoms with Gasteiger partial charge in [0, 0.05) is 60.7 Å². The number of ether oxygens (including phenoxy) is 1. The average molecular weight is 630 g/mol. The molecular formula is C25H39N7O8S2. The Labute approximate surface area is 252 Å². The van der Waals surface area contributed by atoms with Gasteiger partial charge >= 0.3 is 11.9 Å². The van der Waals surface area contributed by atoms with Gasteiger partial charge in [-0.1, -0.05) is 33.1 Å². The Balaban J connectivity index is 1.73. The summed E-state index contributed by atoms with van der Waals surface area (Å²) in [4.78, 5) is 80.1. The zero-order chi connectivity index (χ0) is 30.8. The van der Waals surface area contributed by atoms with Crippen molar-refractivity contribution in [3.8, 4) is 0 Å². The first-order chi connectivity index (χ1) is 20.1. The highest BCUT2D eigenvalue weighted by atomic mass is 33.1. The molecule has 2 heterocycles. The van der Waals surface area contributed by atoms with Crippen LogP contribution in [0.4, 0.5) is 0 Å². The molecule has 0 bridgehead atoms. The minimum absolute atomic E-state index is 0.0655. The third kappa shape index (κ3) is 14.2. The van der Waals surface area contributed by atoms with Gasteiger partial charge in [-0.25, -0.2) is 4.79 Å². The van der Waals surface area contributed by atoms with Gasteiger partial charge in [0.2, 0.25) is 11.8 Å². The second kappa shape index (κ2) is 19.2. The van der Waals surface area contributed by atoms with E-state index in [1.807, 2.05) is 0 Å². The van der Waals surface area contributed by atoms with Gasteiger partial charge in [-0.2, -0.15) is 0 Å². The number of hydroxylamine groups is 2. The van der Waals surface area contributed by atoms with E-state index in [2.05, 4.69) is 20.7 Å². The fraction of sp³-hybridized carbons (Fsp3) is 0.760. The van der Waals surface area contributed by atoms with Gasteiger partial charge in [-0.15, -0.1) is 5.06 Å². The molecule has 42 heavy (non-hydrogen) atoms. The number of carbonyl (C=O) groups is 6. The molecule has 4 N–H and O–H groups in total. The minimum atomic E-state index is -0.985. The smallest absolute Gasteiger partial charge is 0.335 e. The molecule has 234 valence electrons. The van der Waals surface area contributed by atoms with Crippen LogP contribution in [-0.4, -0.2) is 83.4 Å². The predicted octanol–water partition coefficient (Wildman–Crippen LogP) is 2.04. The minimum Gasteiger partial charge on any atom is -0.463 e. The maximum atomic E-state index is 12.4. The number of nitrogens with one attached hydrogen (secondary N) is 2. The average Bonchev–Trinajstić information content (AvgIpc) is 3.52. The number of esters is 1. The summed E-state index contributed by atoms with van der Waals surface area (Å²) in [6.45, 7) is 0.424. The van der Waals surface area contributed by atoms with Gasteiger partial charge in [0.05, 0.1) is 18.9 Å². The molecule has 2 saturated heterocycles. The highest BCUT2D eigenvalue weighted by Crippen LogP contribution is 2.38. The lowest BCUT2D eigenvalue weighted by molar-refractivity contribution is -0.198. The molecule has 0 aromatic heterocycles. The number of nitrogens with two attached hydrogens (primary N) is 1. The van der Waals surface area contributed by atoms with Crippen molar-refractivity contribution in [1.82, 2.24) is 15.7 Å². The Morgan fingerprint density at radius 3 is 2.38 bits per heavy atom. The topological polar surface area (TPSA) is 223 Å². The van der Waals surface area contributed by atoms with Crippen LogP contribution in [0.2, 0.25) is 0 Å². The van der Waals surface area contributed by atoms with Crippen molar-refractivity contribution in [2.75, 3.05) is 31.2 Å². The molecule has 0 spiro atoms. The van der Waals surface area contributed by atoms with E-state index in [0.29, 0.717) is 37.4 Å². The van der Waals surface area contributed by atoms with Crippen molar-refractivity contribution in [2.45, 2.75) is 88.6 Å². The van der Waals surface area contributed by atoms with E-state index in [1.165, 1.54) is 0 Å². The maximum absolute atomic E-state index is 12.4. The molecule has 17 heteroatoms. The third-order valence-electron chi connectivity index (χ3n) is 6.40. The van der Waals surface area contributed by atoms with E-state index in [0.717, 1.165) is 30.8 Å². The van der Waals surface area contributed by atoms with Gasteiger partial charge in [0.15, 0.2) is 0 Å². The third-order valence-corrected chi connectivity index (χ3v) is 9.16. The number of hydrogen-bond donors (Lipinski definition) is 3. The summed E-state index contributed by atoms with van der Waals surface area (Å²) >= 11 is 0. The molecule has 2 rings (SSSR count). The molecule has 0 aromatic rings. The van der Waals surface area contributed by atoms with Crippen LogP contribution in [0.15, 0.2) is 5.11 Å². The number of azide groups is 1. The number of unbranched alkanes of at least 4 members (excludes halogenated alkanes) is 3. The number of hydrogen-bond acceptors (Lipinski definition) is 12. The first kappa shape index (κ1) is 35.2. The van der Waals surface area contributed by atoms with E-state index in [9.17, 15) is 28.8 Å². The predicted molar refractivity (Wildman–Crippen MR) is 155 cm³/mol. The van der Waals surface area contributed by atoms with E-state index in [1.54, 1.807) is 21.6 Å². The van der Waals surface area contributed by atoms with Crippen LogP contribution in [0.1, 0.15) is 77.0 Å². The number of nitrogens with zero attached hydrogens (tertiary/aromatic N) is 4. The first-order valence-electron chi connectivity index (χ1n) is 13.9. The SMILES string of the molecule is [N-]=[N+]=NCCCCCC(=O)N[C@H](COC(=O)CCC(=O)NCCCCC1(N)CSSC1)CC(=O)ON1C(=O)CCC1=O. The van der Waals surface area contributed by atoms with Crippen LogP contribution in [0.5, 0.6) is 0 Å². The van der Waals surface area contributed by atoms with E-state index < -0.39 is 42.1 Å². The molecule has 0 saturated carbocycles. The van der Waals surface area contributed by atoms with Crippen LogP contribution in [0, 0.1) is 0 Å². The summed E-state index contributed by atoms with van der Waals surface area (Å²) in [6, 6.07) is -0.985. The van der Waals surface area contributed by atoms with Crippen molar-refractivity contribution < 1.29 is 38.3 Å². The lowest BCUT2D eigenvalue weighted by atomic mass is 9.98. The highest BCUT2D eigenvalue weighted by molar-refractivity contribution is 8.77. The van der Waals surface area contributed by atoms with Gasteiger partial charge < -0.3 is 25.9 Å². The van der Waals surface area contributed by atoms with Gasteiger partial charge in [-0.3, -0.25) is 24.0 Å². The standard InChI is InChI=1S/C25H39N7O8S2/c26-25(16-41-42-17-25)11-3-5-12-28-19(33)7-10-23(37)39-15-18(30-20(34)6-2-1-4-13-29-31-27)14-24(38)40-32-21(35)8-9-22(32)36/h18H,1-17,26H2,(H,28,33)(H,30,34)/t18-/m0/s1. The number of imide groups is 1. The summed E-state index contributed by atoms with van der Waals surface area (Å²) in [7, 11) is 3.56. The second-order valence-electron chi connectivity index (χ2n) is 10.2. The van der Waals surface area contributed by atoms with E-state index >= 15 is 0 Å². The van der Waals surface area contributed by atoms with Crippen LogP contribution in [0.25, 0.3) is 10.4 Å². The Hall–Kier alpha value is -3.01. The van der Waals surface area contributed by atoms with Crippen molar-refractivity contribution in [3.63, 3.8) is 0 Å². The Morgan fingerprint density at radius 2 is 1.69 bits per heavy atom. The molecule has 0 radical (unpaired) electrons. The highest BCUT2D eigenvalue weighted by Gasteiger charge is 2.34. The summed E-state index contributed by atoms with van der Waals surface area (Å²) in [6.07, 6.45) is 3.57. The molecule has 1 atom stereocenters. The van der Waals surface area contributed by atoms with Crippen molar-refractivity contribution >= 4 is 57.2 Å². The van der Waals surface area contributed by atoms with Gasteiger partial charge in [0.1, 0.15) is 6.61 Å². The molecule has 0 aromatic carbocycles. The zero-order valence-electron chi connectivity index (χ0n) is 23.5. The summed E-state index contributed by atoms with van der Waals surface area (Å²) in [5.41, 5.74) is 14.5. The van der Waals surface area contributed by atoms with E-state index in [-0.39, 0.29) is 50.2 Å². The molecule has 4 amide bonds. The molecule has 0 unspecified atom stereocenters.